The average Bonchev–Trinajstić information content (AvgIpc) is 3.49. The van der Waals surface area contributed by atoms with Crippen molar-refractivity contribution in [2.45, 2.75) is 39.0 Å². The van der Waals surface area contributed by atoms with E-state index < -0.39 is 15.3 Å². The minimum atomic E-state index is -3.46. The lowest BCUT2D eigenvalue weighted by molar-refractivity contribution is 0.243. The molecule has 202 valence electrons. The zero-order chi connectivity index (χ0) is 27.7. The highest BCUT2D eigenvalue weighted by molar-refractivity contribution is 7.93. The molecule has 0 radical (unpaired) electrons. The van der Waals surface area contributed by atoms with Crippen molar-refractivity contribution in [1.82, 2.24) is 24.3 Å². The third-order valence-corrected chi connectivity index (χ3v) is 7.81. The molecule has 0 aliphatic rings. The van der Waals surface area contributed by atoms with Gasteiger partial charge in [-0.3, -0.25) is 9.40 Å². The lowest BCUT2D eigenvalue weighted by Crippen LogP contribution is -2.22. The second-order valence-corrected chi connectivity index (χ2v) is 12.0. The fourth-order valence-electron chi connectivity index (χ4n) is 4.07. The number of fused-ring (bicyclic) bond motifs is 1. The third kappa shape index (κ3) is 5.73. The summed E-state index contributed by atoms with van der Waals surface area (Å²) in [5.74, 6) is 1.15. The summed E-state index contributed by atoms with van der Waals surface area (Å²) in [7, 11) is -1.58. The van der Waals surface area contributed by atoms with Gasteiger partial charge >= 0.3 is 0 Å². The molecule has 0 aliphatic carbocycles. The molecular weight excluding hydrogens is 514 g/mol. The highest BCUT2D eigenvalue weighted by atomic mass is 32.2. The minimum absolute atomic E-state index is 0.00710. The topological polar surface area (TPSA) is 116 Å². The molecule has 2 aromatic carbocycles. The molecule has 5 aromatic rings. The summed E-state index contributed by atoms with van der Waals surface area (Å²) in [6, 6.07) is 15.0. The molecule has 0 bridgehead atoms. The number of anilines is 3. The van der Waals surface area contributed by atoms with Crippen LogP contribution in [0.25, 0.3) is 27.8 Å². The van der Waals surface area contributed by atoms with Crippen LogP contribution in [0.2, 0.25) is 0 Å². The summed E-state index contributed by atoms with van der Waals surface area (Å²) in [4.78, 5) is 9.25. The summed E-state index contributed by atoms with van der Waals surface area (Å²) in [5, 5.41) is 7.88. The van der Waals surface area contributed by atoms with Gasteiger partial charge in [-0.2, -0.15) is 10.1 Å². The van der Waals surface area contributed by atoms with Crippen LogP contribution in [0, 0.1) is 0 Å². The summed E-state index contributed by atoms with van der Waals surface area (Å²) in [5.41, 5.74) is 4.63. The van der Waals surface area contributed by atoms with Crippen LogP contribution in [-0.2, 0) is 17.1 Å². The normalized spacial score (nSPS) is 11.9. The van der Waals surface area contributed by atoms with Gasteiger partial charge in [-0.15, -0.1) is 0 Å². The van der Waals surface area contributed by atoms with E-state index in [1.807, 2.05) is 74.4 Å². The maximum absolute atomic E-state index is 12.4. The second kappa shape index (κ2) is 10.4. The number of aryl methyl sites for hydroxylation is 1. The Morgan fingerprint density at radius 2 is 1.79 bits per heavy atom. The van der Waals surface area contributed by atoms with Crippen LogP contribution in [0.5, 0.6) is 5.75 Å². The van der Waals surface area contributed by atoms with Gasteiger partial charge in [-0.1, -0.05) is 6.07 Å². The maximum Gasteiger partial charge on any atom is 0.235 e. The van der Waals surface area contributed by atoms with E-state index >= 15 is 0 Å². The number of aromatic nitrogens is 5. The van der Waals surface area contributed by atoms with Crippen LogP contribution in [0.4, 0.5) is 17.3 Å². The predicted octanol–water partition coefficient (Wildman–Crippen LogP) is 5.50. The van der Waals surface area contributed by atoms with Crippen molar-refractivity contribution in [1.29, 1.82) is 0 Å². The number of nitrogens with one attached hydrogen (secondary N) is 2. The van der Waals surface area contributed by atoms with E-state index in [0.29, 0.717) is 17.3 Å². The Kier molecular flexibility index (Phi) is 7.00. The van der Waals surface area contributed by atoms with Gasteiger partial charge in [0.2, 0.25) is 16.0 Å². The third-order valence-electron chi connectivity index (χ3n) is 6.05. The molecule has 2 N–H and O–H groups in total. The van der Waals surface area contributed by atoms with Crippen LogP contribution >= 0.6 is 0 Å². The SMILES string of the molecule is CC(C)Oc1cc(Nc2ncc3ccn(-c4cccc(NS(=O)(=O)C(C)C)c4)c3n2)ccc1-c1cnn(C)c1. The predicted molar refractivity (Wildman–Crippen MR) is 154 cm³/mol. The van der Waals surface area contributed by atoms with Crippen molar-refractivity contribution in [3.05, 3.63) is 73.3 Å². The maximum atomic E-state index is 12.4. The Bertz CT molecular complexity index is 1740. The first-order valence-corrected chi connectivity index (χ1v) is 14.2. The van der Waals surface area contributed by atoms with Gasteiger partial charge in [0, 0.05) is 59.6 Å². The van der Waals surface area contributed by atoms with Crippen LogP contribution in [0.15, 0.2) is 73.3 Å². The van der Waals surface area contributed by atoms with Crippen LogP contribution in [-0.4, -0.2) is 44.1 Å². The number of ether oxygens (including phenoxy) is 1. The largest absolute Gasteiger partial charge is 0.490 e. The Morgan fingerprint density at radius 3 is 2.51 bits per heavy atom. The number of hydrogen-bond acceptors (Lipinski definition) is 7. The molecule has 0 spiro atoms. The van der Waals surface area contributed by atoms with Gasteiger partial charge in [-0.05, 0) is 64.1 Å². The number of sulfonamides is 1. The van der Waals surface area contributed by atoms with Crippen molar-refractivity contribution < 1.29 is 13.2 Å². The van der Waals surface area contributed by atoms with E-state index in [1.54, 1.807) is 42.9 Å². The summed E-state index contributed by atoms with van der Waals surface area (Å²) >= 11 is 0. The number of hydrogen-bond donors (Lipinski definition) is 2. The van der Waals surface area contributed by atoms with Gasteiger partial charge in [0.05, 0.1) is 23.2 Å². The Balaban J connectivity index is 1.46. The van der Waals surface area contributed by atoms with Crippen molar-refractivity contribution in [3.63, 3.8) is 0 Å². The van der Waals surface area contributed by atoms with E-state index in [4.69, 9.17) is 9.72 Å². The standard InChI is InChI=1S/C28H31N7O3S/c1-18(2)38-26-14-22(9-10-25(26)21-16-30-34(5)17-21)31-28-29-15-20-11-12-35(27(20)32-28)24-8-6-7-23(13-24)33-39(36,37)19(3)4/h6-19,33H,1-5H3,(H,29,31,32). The smallest absolute Gasteiger partial charge is 0.235 e. The molecule has 3 heterocycles. The average molecular weight is 546 g/mol. The number of benzene rings is 2. The zero-order valence-electron chi connectivity index (χ0n) is 22.5. The highest BCUT2D eigenvalue weighted by Gasteiger charge is 2.16. The molecule has 0 atom stereocenters. The summed E-state index contributed by atoms with van der Waals surface area (Å²) < 4.78 is 37.1. The molecule has 10 nitrogen and oxygen atoms in total. The molecule has 0 saturated heterocycles. The van der Waals surface area contributed by atoms with Crippen molar-refractivity contribution >= 4 is 38.4 Å². The zero-order valence-corrected chi connectivity index (χ0v) is 23.3. The van der Waals surface area contributed by atoms with Gasteiger partial charge in [0.15, 0.2) is 0 Å². The summed E-state index contributed by atoms with van der Waals surface area (Å²) in [6.07, 6.45) is 7.39. The molecule has 0 amide bonds. The van der Waals surface area contributed by atoms with Crippen molar-refractivity contribution in [3.8, 4) is 22.6 Å². The van der Waals surface area contributed by atoms with E-state index in [-0.39, 0.29) is 6.10 Å². The van der Waals surface area contributed by atoms with Gasteiger partial charge in [0.1, 0.15) is 11.4 Å². The van der Waals surface area contributed by atoms with E-state index in [1.165, 1.54) is 0 Å². The van der Waals surface area contributed by atoms with Gasteiger partial charge in [-0.25, -0.2) is 13.4 Å². The highest BCUT2D eigenvalue weighted by Crippen LogP contribution is 2.34. The van der Waals surface area contributed by atoms with E-state index in [0.717, 1.165) is 33.6 Å². The molecule has 5 rings (SSSR count). The molecule has 0 unspecified atom stereocenters. The minimum Gasteiger partial charge on any atom is -0.490 e. The molecule has 11 heteroatoms. The Morgan fingerprint density at radius 1 is 0.974 bits per heavy atom. The first-order valence-electron chi connectivity index (χ1n) is 12.6. The summed E-state index contributed by atoms with van der Waals surface area (Å²) in [6.45, 7) is 7.25. The van der Waals surface area contributed by atoms with Crippen LogP contribution < -0.4 is 14.8 Å². The fraction of sp³-hybridized carbons (Fsp3) is 0.250. The molecule has 3 aromatic heterocycles. The quantitative estimate of drug-likeness (QED) is 0.251. The fourth-order valence-corrected chi connectivity index (χ4v) is 4.76. The Labute approximate surface area is 227 Å². The first kappa shape index (κ1) is 26.2. The lowest BCUT2D eigenvalue weighted by atomic mass is 10.1. The van der Waals surface area contributed by atoms with Crippen molar-refractivity contribution in [2.75, 3.05) is 10.0 Å². The van der Waals surface area contributed by atoms with Crippen LogP contribution in [0.3, 0.4) is 0 Å². The molecule has 0 fully saturated rings. The van der Waals surface area contributed by atoms with E-state index in [2.05, 4.69) is 20.1 Å². The van der Waals surface area contributed by atoms with Gasteiger partial charge < -0.3 is 14.6 Å². The number of nitrogens with zero attached hydrogens (tertiary/aromatic N) is 5. The van der Waals surface area contributed by atoms with Crippen molar-refractivity contribution in [2.24, 2.45) is 7.05 Å². The molecule has 0 saturated carbocycles. The molecular formula is C28H31N7O3S. The van der Waals surface area contributed by atoms with Crippen LogP contribution in [0.1, 0.15) is 27.7 Å². The van der Waals surface area contributed by atoms with E-state index in [9.17, 15) is 8.42 Å². The monoisotopic (exact) mass is 545 g/mol. The molecule has 0 aliphatic heterocycles. The first-order chi connectivity index (χ1) is 18.6. The second-order valence-electron chi connectivity index (χ2n) is 9.81. The lowest BCUT2D eigenvalue weighted by Gasteiger charge is -2.15. The number of rotatable bonds is 9. The Hall–Kier alpha value is -4.38. The molecule has 39 heavy (non-hydrogen) atoms. The van der Waals surface area contributed by atoms with Gasteiger partial charge in [0.25, 0.3) is 0 Å².